The normalized spacial score (nSPS) is 10.8. The van der Waals surface area contributed by atoms with Crippen LogP contribution in [-0.4, -0.2) is 12.3 Å². The molecule has 0 heterocycles. The summed E-state index contributed by atoms with van der Waals surface area (Å²) in [4.78, 5) is 0. The van der Waals surface area contributed by atoms with E-state index in [1.165, 1.54) is 0 Å². The van der Waals surface area contributed by atoms with Crippen molar-refractivity contribution < 1.29 is 9.94 Å². The molecule has 0 bridgehead atoms. The molecule has 0 aliphatic rings. The molecular weight excluding hydrogens is 214 g/mol. The van der Waals surface area contributed by atoms with E-state index in [-0.39, 0.29) is 0 Å². The van der Waals surface area contributed by atoms with Gasteiger partial charge in [-0.2, -0.15) is 0 Å². The topological polar surface area (TPSA) is 41.5 Å². The molecule has 1 aromatic carbocycles. The zero-order valence-corrected chi connectivity index (χ0v) is 9.93. The third-order valence-electron chi connectivity index (χ3n) is 2.25. The lowest BCUT2D eigenvalue weighted by Gasteiger charge is -2.16. The smallest absolute Gasteiger partial charge is 0.126 e. The van der Waals surface area contributed by atoms with Crippen molar-refractivity contribution in [2.45, 2.75) is 26.3 Å². The van der Waals surface area contributed by atoms with Gasteiger partial charge in [-0.1, -0.05) is 25.4 Å². The first kappa shape index (κ1) is 12.3. The summed E-state index contributed by atoms with van der Waals surface area (Å²) in [5.41, 5.74) is 4.02. The molecule has 0 radical (unpaired) electrons. The van der Waals surface area contributed by atoms with Gasteiger partial charge in [-0.05, 0) is 23.6 Å². The number of methoxy groups -OCH3 is 1. The van der Waals surface area contributed by atoms with Gasteiger partial charge in [-0.3, -0.25) is 0 Å². The van der Waals surface area contributed by atoms with E-state index in [0.29, 0.717) is 17.5 Å². The summed E-state index contributed by atoms with van der Waals surface area (Å²) in [5.74, 6) is 1.12. The van der Waals surface area contributed by atoms with Crippen molar-refractivity contribution in [2.24, 2.45) is 0 Å². The van der Waals surface area contributed by atoms with Crippen LogP contribution in [0.1, 0.15) is 30.9 Å². The van der Waals surface area contributed by atoms with E-state index in [0.717, 1.165) is 16.9 Å². The highest BCUT2D eigenvalue weighted by Crippen LogP contribution is 2.33. The first-order chi connectivity index (χ1) is 7.10. The van der Waals surface area contributed by atoms with Crippen molar-refractivity contribution in [3.8, 4) is 5.75 Å². The summed E-state index contributed by atoms with van der Waals surface area (Å²) in [7, 11) is 1.62. The zero-order chi connectivity index (χ0) is 11.4. The maximum absolute atomic E-state index is 8.71. The van der Waals surface area contributed by atoms with Gasteiger partial charge in [-0.15, -0.1) is 0 Å². The Hall–Kier alpha value is -0.770. The summed E-state index contributed by atoms with van der Waals surface area (Å²) in [6.45, 7) is 4.47. The number of benzene rings is 1. The summed E-state index contributed by atoms with van der Waals surface area (Å²) in [6, 6.07) is 3.68. The van der Waals surface area contributed by atoms with E-state index in [9.17, 15) is 0 Å². The number of rotatable bonds is 4. The number of nitrogens with one attached hydrogen (secondary N) is 1. The predicted molar refractivity (Wildman–Crippen MR) is 60.7 cm³/mol. The van der Waals surface area contributed by atoms with Crippen LogP contribution in [0.4, 0.5) is 0 Å². The van der Waals surface area contributed by atoms with Gasteiger partial charge in [0.05, 0.1) is 7.11 Å². The van der Waals surface area contributed by atoms with Gasteiger partial charge in [-0.25, -0.2) is 5.48 Å². The third kappa shape index (κ3) is 2.84. The van der Waals surface area contributed by atoms with Crippen molar-refractivity contribution in [1.29, 1.82) is 0 Å². The maximum Gasteiger partial charge on any atom is 0.126 e. The molecule has 0 aliphatic heterocycles. The second-order valence-corrected chi connectivity index (χ2v) is 4.11. The van der Waals surface area contributed by atoms with Crippen LogP contribution in [0, 0.1) is 0 Å². The Bertz CT molecular complexity index is 340. The lowest BCUT2D eigenvalue weighted by atomic mass is 9.99. The minimum atomic E-state index is 0.323. The standard InChI is InChI=1S/C11H16ClNO2/c1-7(2)10-5-9(12)4-8(6-13-14)11(10)15-3/h4-5,7,13-14H,6H2,1-3H3. The van der Waals surface area contributed by atoms with E-state index < -0.39 is 0 Å². The largest absolute Gasteiger partial charge is 0.496 e. The van der Waals surface area contributed by atoms with Gasteiger partial charge < -0.3 is 9.94 Å². The average Bonchev–Trinajstić information content (AvgIpc) is 2.17. The van der Waals surface area contributed by atoms with Crippen LogP contribution in [0.2, 0.25) is 5.02 Å². The second-order valence-electron chi connectivity index (χ2n) is 3.68. The Kier molecular flexibility index (Phi) is 4.39. The highest BCUT2D eigenvalue weighted by atomic mass is 35.5. The highest BCUT2D eigenvalue weighted by Gasteiger charge is 2.13. The van der Waals surface area contributed by atoms with Crippen LogP contribution >= 0.6 is 11.6 Å². The van der Waals surface area contributed by atoms with Crippen LogP contribution in [-0.2, 0) is 6.54 Å². The van der Waals surface area contributed by atoms with Crippen LogP contribution in [0.15, 0.2) is 12.1 Å². The first-order valence-electron chi connectivity index (χ1n) is 4.83. The lowest BCUT2D eigenvalue weighted by molar-refractivity contribution is 0.160. The molecule has 0 saturated carbocycles. The first-order valence-corrected chi connectivity index (χ1v) is 5.21. The van der Waals surface area contributed by atoms with E-state index >= 15 is 0 Å². The highest BCUT2D eigenvalue weighted by molar-refractivity contribution is 6.30. The fraction of sp³-hybridized carbons (Fsp3) is 0.455. The molecule has 1 rings (SSSR count). The molecule has 15 heavy (non-hydrogen) atoms. The van der Waals surface area contributed by atoms with E-state index in [2.05, 4.69) is 19.3 Å². The van der Waals surface area contributed by atoms with Gasteiger partial charge in [0, 0.05) is 17.1 Å². The zero-order valence-electron chi connectivity index (χ0n) is 9.17. The van der Waals surface area contributed by atoms with E-state index in [4.69, 9.17) is 21.5 Å². The van der Waals surface area contributed by atoms with Crippen LogP contribution in [0.25, 0.3) is 0 Å². The minimum Gasteiger partial charge on any atom is -0.496 e. The summed E-state index contributed by atoms with van der Waals surface area (Å²) in [6.07, 6.45) is 0. The Labute approximate surface area is 95.0 Å². The second kappa shape index (κ2) is 5.35. The maximum atomic E-state index is 8.71. The number of halogens is 1. The van der Waals surface area contributed by atoms with Gasteiger partial charge in [0.25, 0.3) is 0 Å². The van der Waals surface area contributed by atoms with Crippen LogP contribution in [0.3, 0.4) is 0 Å². The lowest BCUT2D eigenvalue weighted by Crippen LogP contribution is -2.09. The van der Waals surface area contributed by atoms with Gasteiger partial charge in [0.15, 0.2) is 0 Å². The summed E-state index contributed by atoms with van der Waals surface area (Å²) < 4.78 is 5.34. The SMILES string of the molecule is COc1c(CNO)cc(Cl)cc1C(C)C. The molecule has 0 spiro atoms. The van der Waals surface area contributed by atoms with Crippen molar-refractivity contribution >= 4 is 11.6 Å². The van der Waals surface area contributed by atoms with Crippen molar-refractivity contribution in [1.82, 2.24) is 5.48 Å². The van der Waals surface area contributed by atoms with Crippen LogP contribution in [0.5, 0.6) is 5.75 Å². The Morgan fingerprint density at radius 1 is 1.47 bits per heavy atom. The Morgan fingerprint density at radius 2 is 2.13 bits per heavy atom. The fourth-order valence-electron chi connectivity index (χ4n) is 1.57. The molecule has 0 atom stereocenters. The molecule has 0 unspecified atom stereocenters. The number of hydroxylamine groups is 1. The van der Waals surface area contributed by atoms with Gasteiger partial charge in [0.2, 0.25) is 0 Å². The number of hydrogen-bond acceptors (Lipinski definition) is 3. The molecule has 0 saturated heterocycles. The number of ether oxygens (including phenoxy) is 1. The molecule has 0 amide bonds. The van der Waals surface area contributed by atoms with E-state index in [1.807, 2.05) is 6.07 Å². The quantitative estimate of drug-likeness (QED) is 0.780. The predicted octanol–water partition coefficient (Wildman–Crippen LogP) is 2.95. The molecule has 0 aliphatic carbocycles. The van der Waals surface area contributed by atoms with Crippen molar-refractivity contribution in [2.75, 3.05) is 7.11 Å². The van der Waals surface area contributed by atoms with Gasteiger partial charge in [0.1, 0.15) is 5.75 Å². The Balaban J connectivity index is 3.25. The minimum absolute atomic E-state index is 0.323. The summed E-state index contributed by atoms with van der Waals surface area (Å²) >= 11 is 5.99. The molecular formula is C11H16ClNO2. The summed E-state index contributed by atoms with van der Waals surface area (Å²) in [5, 5.41) is 9.37. The molecule has 1 aromatic rings. The third-order valence-corrected chi connectivity index (χ3v) is 2.47. The van der Waals surface area contributed by atoms with Gasteiger partial charge >= 0.3 is 0 Å². The molecule has 0 aromatic heterocycles. The molecule has 0 fully saturated rings. The van der Waals surface area contributed by atoms with Crippen molar-refractivity contribution in [3.05, 3.63) is 28.3 Å². The molecule has 3 nitrogen and oxygen atoms in total. The van der Waals surface area contributed by atoms with E-state index in [1.54, 1.807) is 13.2 Å². The molecule has 84 valence electrons. The number of hydrogen-bond donors (Lipinski definition) is 2. The monoisotopic (exact) mass is 229 g/mol. The average molecular weight is 230 g/mol. The fourth-order valence-corrected chi connectivity index (χ4v) is 1.82. The molecule has 4 heteroatoms. The van der Waals surface area contributed by atoms with Crippen LogP contribution < -0.4 is 10.2 Å². The molecule has 2 N–H and O–H groups in total. The van der Waals surface area contributed by atoms with Crippen molar-refractivity contribution in [3.63, 3.8) is 0 Å². The Morgan fingerprint density at radius 3 is 2.60 bits per heavy atom.